The second kappa shape index (κ2) is 5.60. The van der Waals surface area contributed by atoms with E-state index in [2.05, 4.69) is 17.4 Å². The van der Waals surface area contributed by atoms with Crippen molar-refractivity contribution < 1.29 is 9.53 Å². The van der Waals surface area contributed by atoms with E-state index in [1.807, 2.05) is 25.1 Å². The predicted octanol–water partition coefficient (Wildman–Crippen LogP) is 3.74. The first kappa shape index (κ1) is 13.7. The van der Waals surface area contributed by atoms with Gasteiger partial charge in [0.05, 0.1) is 7.11 Å². The van der Waals surface area contributed by atoms with Crippen molar-refractivity contribution in [2.75, 3.05) is 12.4 Å². The van der Waals surface area contributed by atoms with E-state index in [1.165, 1.54) is 17.5 Å². The zero-order valence-corrected chi connectivity index (χ0v) is 12.4. The van der Waals surface area contributed by atoms with Crippen molar-refractivity contribution in [3.05, 3.63) is 58.7 Å². The fourth-order valence-electron chi connectivity index (χ4n) is 2.81. The minimum atomic E-state index is -0.105. The van der Waals surface area contributed by atoms with Crippen molar-refractivity contribution in [3.8, 4) is 5.75 Å². The fourth-order valence-corrected chi connectivity index (χ4v) is 2.81. The Morgan fingerprint density at radius 2 is 1.90 bits per heavy atom. The van der Waals surface area contributed by atoms with Crippen LogP contribution in [0.25, 0.3) is 0 Å². The van der Waals surface area contributed by atoms with E-state index in [-0.39, 0.29) is 5.91 Å². The Balaban J connectivity index is 1.80. The largest absolute Gasteiger partial charge is 0.496 e. The van der Waals surface area contributed by atoms with Gasteiger partial charge < -0.3 is 10.1 Å². The average Bonchev–Trinajstić information content (AvgIpc) is 2.95. The number of hydrogen-bond donors (Lipinski definition) is 1. The summed E-state index contributed by atoms with van der Waals surface area (Å²) in [5.41, 5.74) is 5.25. The Kier molecular flexibility index (Phi) is 3.65. The van der Waals surface area contributed by atoms with E-state index < -0.39 is 0 Å². The molecule has 1 aliphatic rings. The number of carbonyl (C=O) groups is 1. The summed E-state index contributed by atoms with van der Waals surface area (Å²) in [6, 6.07) is 11.7. The fraction of sp³-hybridized carbons (Fsp3) is 0.278. The lowest BCUT2D eigenvalue weighted by molar-refractivity contribution is 0.102. The topological polar surface area (TPSA) is 38.3 Å². The van der Waals surface area contributed by atoms with Crippen molar-refractivity contribution >= 4 is 11.6 Å². The maximum absolute atomic E-state index is 12.3. The Morgan fingerprint density at radius 1 is 1.10 bits per heavy atom. The van der Waals surface area contributed by atoms with Gasteiger partial charge in [0.15, 0.2) is 0 Å². The highest BCUT2D eigenvalue weighted by Crippen LogP contribution is 2.25. The third kappa shape index (κ3) is 2.77. The van der Waals surface area contributed by atoms with E-state index in [1.54, 1.807) is 13.2 Å². The molecule has 1 N–H and O–H groups in total. The van der Waals surface area contributed by atoms with Gasteiger partial charge in [-0.2, -0.15) is 0 Å². The molecule has 1 amide bonds. The highest BCUT2D eigenvalue weighted by Gasteiger charge is 2.13. The number of anilines is 1. The highest BCUT2D eigenvalue weighted by molar-refractivity contribution is 6.04. The molecule has 0 spiro atoms. The van der Waals surface area contributed by atoms with Crippen LogP contribution in [0.5, 0.6) is 5.75 Å². The molecule has 2 aromatic carbocycles. The van der Waals surface area contributed by atoms with Crippen LogP contribution >= 0.6 is 0 Å². The summed E-state index contributed by atoms with van der Waals surface area (Å²) in [4.78, 5) is 12.3. The second-order valence-corrected chi connectivity index (χ2v) is 5.48. The number of methoxy groups -OCH3 is 1. The molecule has 0 saturated heterocycles. The summed E-state index contributed by atoms with van der Waals surface area (Å²) in [7, 11) is 1.62. The maximum atomic E-state index is 12.3. The van der Waals surface area contributed by atoms with Crippen LogP contribution in [0.3, 0.4) is 0 Å². The number of rotatable bonds is 3. The Hall–Kier alpha value is -2.29. The molecular weight excluding hydrogens is 262 g/mol. The normalized spacial score (nSPS) is 12.9. The van der Waals surface area contributed by atoms with Crippen molar-refractivity contribution in [2.45, 2.75) is 26.2 Å². The quantitative estimate of drug-likeness (QED) is 0.930. The molecule has 3 nitrogen and oxygen atoms in total. The summed E-state index contributed by atoms with van der Waals surface area (Å²) in [6.07, 6.45) is 3.47. The standard InChI is InChI=1S/C18H19NO2/c1-12-6-7-15(11-17(12)21-2)18(20)19-16-9-8-13-4-3-5-14(13)10-16/h6-11H,3-5H2,1-2H3,(H,19,20). The maximum Gasteiger partial charge on any atom is 0.255 e. The number of benzene rings is 2. The molecule has 2 aromatic rings. The van der Waals surface area contributed by atoms with Gasteiger partial charge in [-0.3, -0.25) is 4.79 Å². The van der Waals surface area contributed by atoms with E-state index in [4.69, 9.17) is 4.74 Å². The van der Waals surface area contributed by atoms with Crippen molar-refractivity contribution in [1.82, 2.24) is 0 Å². The van der Waals surface area contributed by atoms with Crippen LogP contribution in [-0.4, -0.2) is 13.0 Å². The van der Waals surface area contributed by atoms with Gasteiger partial charge in [-0.05, 0) is 67.1 Å². The lowest BCUT2D eigenvalue weighted by Gasteiger charge is -2.10. The predicted molar refractivity (Wildman–Crippen MR) is 84.2 cm³/mol. The molecular formula is C18H19NO2. The summed E-state index contributed by atoms with van der Waals surface area (Å²) in [5, 5.41) is 2.96. The second-order valence-electron chi connectivity index (χ2n) is 5.48. The molecule has 0 aromatic heterocycles. The minimum Gasteiger partial charge on any atom is -0.496 e. The van der Waals surface area contributed by atoms with Gasteiger partial charge in [0.1, 0.15) is 5.75 Å². The molecule has 0 fully saturated rings. The molecule has 0 unspecified atom stereocenters. The molecule has 0 bridgehead atoms. The molecule has 108 valence electrons. The lowest BCUT2D eigenvalue weighted by Crippen LogP contribution is -2.12. The monoisotopic (exact) mass is 281 g/mol. The molecule has 21 heavy (non-hydrogen) atoms. The first-order chi connectivity index (χ1) is 10.2. The zero-order valence-electron chi connectivity index (χ0n) is 12.4. The number of fused-ring (bicyclic) bond motifs is 1. The third-order valence-electron chi connectivity index (χ3n) is 4.03. The van der Waals surface area contributed by atoms with Gasteiger partial charge in [-0.15, -0.1) is 0 Å². The van der Waals surface area contributed by atoms with Crippen molar-refractivity contribution in [3.63, 3.8) is 0 Å². The lowest BCUT2D eigenvalue weighted by atomic mass is 10.1. The summed E-state index contributed by atoms with van der Waals surface area (Å²) in [6.45, 7) is 1.96. The SMILES string of the molecule is COc1cc(C(=O)Nc2ccc3c(c2)CCC3)ccc1C. The van der Waals surface area contributed by atoms with Gasteiger partial charge in [0, 0.05) is 11.3 Å². The Labute approximate surface area is 124 Å². The summed E-state index contributed by atoms with van der Waals surface area (Å²) in [5.74, 6) is 0.628. The van der Waals surface area contributed by atoms with Crippen LogP contribution in [0, 0.1) is 6.92 Å². The van der Waals surface area contributed by atoms with Crippen LogP contribution in [0.15, 0.2) is 36.4 Å². The average molecular weight is 281 g/mol. The van der Waals surface area contributed by atoms with Gasteiger partial charge >= 0.3 is 0 Å². The summed E-state index contributed by atoms with van der Waals surface area (Å²) >= 11 is 0. The van der Waals surface area contributed by atoms with Crippen LogP contribution < -0.4 is 10.1 Å². The Morgan fingerprint density at radius 3 is 2.71 bits per heavy atom. The van der Waals surface area contributed by atoms with E-state index in [0.29, 0.717) is 5.56 Å². The Bertz CT molecular complexity index is 692. The molecule has 0 radical (unpaired) electrons. The number of ether oxygens (including phenoxy) is 1. The van der Waals surface area contributed by atoms with Crippen LogP contribution in [0.2, 0.25) is 0 Å². The molecule has 0 aliphatic heterocycles. The smallest absolute Gasteiger partial charge is 0.255 e. The van der Waals surface area contributed by atoms with Crippen molar-refractivity contribution in [1.29, 1.82) is 0 Å². The first-order valence-corrected chi connectivity index (χ1v) is 7.25. The van der Waals surface area contributed by atoms with Crippen LogP contribution in [0.4, 0.5) is 5.69 Å². The third-order valence-corrected chi connectivity index (χ3v) is 4.03. The van der Waals surface area contributed by atoms with E-state index >= 15 is 0 Å². The molecule has 3 rings (SSSR count). The van der Waals surface area contributed by atoms with Gasteiger partial charge in [0.2, 0.25) is 0 Å². The summed E-state index contributed by atoms with van der Waals surface area (Å²) < 4.78 is 5.27. The van der Waals surface area contributed by atoms with Crippen LogP contribution in [0.1, 0.15) is 33.5 Å². The number of carbonyl (C=O) groups excluding carboxylic acids is 1. The van der Waals surface area contributed by atoms with Crippen molar-refractivity contribution in [2.24, 2.45) is 0 Å². The van der Waals surface area contributed by atoms with E-state index in [0.717, 1.165) is 29.8 Å². The highest BCUT2D eigenvalue weighted by atomic mass is 16.5. The molecule has 3 heteroatoms. The number of amides is 1. The molecule has 0 atom stereocenters. The van der Waals surface area contributed by atoms with Gasteiger partial charge in [0.25, 0.3) is 5.91 Å². The van der Waals surface area contributed by atoms with Gasteiger partial charge in [-0.1, -0.05) is 12.1 Å². The number of nitrogens with one attached hydrogen (secondary N) is 1. The number of hydrogen-bond acceptors (Lipinski definition) is 2. The first-order valence-electron chi connectivity index (χ1n) is 7.25. The number of aryl methyl sites for hydroxylation is 3. The zero-order chi connectivity index (χ0) is 14.8. The molecule has 0 heterocycles. The van der Waals surface area contributed by atoms with E-state index in [9.17, 15) is 4.79 Å². The van der Waals surface area contributed by atoms with Crippen LogP contribution in [-0.2, 0) is 12.8 Å². The minimum absolute atomic E-state index is 0.105. The molecule has 1 aliphatic carbocycles. The molecule has 0 saturated carbocycles. The van der Waals surface area contributed by atoms with Gasteiger partial charge in [-0.25, -0.2) is 0 Å².